The molecule has 3 heterocycles. The Morgan fingerprint density at radius 3 is 2.54 bits per heavy atom. The molecule has 0 amide bonds. The lowest BCUT2D eigenvalue weighted by Gasteiger charge is -2.49. The maximum atomic E-state index is 11.1. The molecular weight excluding hydrogens is 328 g/mol. The molecule has 0 spiro atoms. The number of fused-ring (bicyclic) bond motifs is 1. The maximum Gasteiger partial charge on any atom is 0.189 e. The van der Waals surface area contributed by atoms with Gasteiger partial charge in [-0.05, 0) is 0 Å². The summed E-state index contributed by atoms with van der Waals surface area (Å²) < 4.78 is 26.9. The van der Waals surface area contributed by atoms with Gasteiger partial charge in [-0.3, -0.25) is 0 Å². The summed E-state index contributed by atoms with van der Waals surface area (Å²) in [5, 5.41) is 25.8. The lowest BCUT2D eigenvalue weighted by Crippen LogP contribution is -2.66. The van der Waals surface area contributed by atoms with E-state index in [4.69, 9.17) is 23.7 Å². The minimum Gasteiger partial charge on any atom is -0.387 e. The highest BCUT2D eigenvalue weighted by molar-refractivity contribution is 4.96. The first-order chi connectivity index (χ1) is 11.6. The van der Waals surface area contributed by atoms with Gasteiger partial charge >= 0.3 is 0 Å². The van der Waals surface area contributed by atoms with Crippen molar-refractivity contribution in [2.24, 2.45) is 10.4 Å². The zero-order valence-electron chi connectivity index (χ0n) is 13.0. The van der Waals surface area contributed by atoms with Gasteiger partial charge in [-0.1, -0.05) is 10.4 Å². The van der Waals surface area contributed by atoms with Gasteiger partial charge in [-0.25, -0.2) is 0 Å². The molecule has 3 aliphatic heterocycles. The second-order valence-corrected chi connectivity index (χ2v) is 6.00. The zero-order valence-corrected chi connectivity index (χ0v) is 13.0. The molecule has 0 aromatic carbocycles. The number of aliphatic hydroxyl groups excluding tert-OH is 2. The van der Waals surface area contributed by atoms with Gasteiger partial charge < -0.3 is 33.9 Å². The third kappa shape index (κ3) is 3.20. The Bertz CT molecular complexity index is 467. The number of hydrogen-bond donors (Lipinski definition) is 2. The van der Waals surface area contributed by atoms with E-state index in [1.807, 2.05) is 0 Å². The predicted molar refractivity (Wildman–Crippen MR) is 75.8 cm³/mol. The molecule has 3 rings (SSSR count). The van der Waals surface area contributed by atoms with E-state index < -0.39 is 55.2 Å². The topological polar surface area (TPSA) is 145 Å². The normalized spacial score (nSPS) is 48.2. The minimum atomic E-state index is -1.37. The van der Waals surface area contributed by atoms with Crippen molar-refractivity contribution in [3.63, 3.8) is 0 Å². The van der Waals surface area contributed by atoms with Crippen LogP contribution in [-0.4, -0.2) is 85.7 Å². The number of nitrogens with zero attached hydrogens (tertiary/aromatic N) is 2. The molecule has 3 saturated heterocycles. The van der Waals surface area contributed by atoms with E-state index in [1.54, 1.807) is 0 Å². The average molecular weight is 348 g/mol. The van der Waals surface area contributed by atoms with Crippen molar-refractivity contribution >= 4 is 0 Å². The summed E-state index contributed by atoms with van der Waals surface area (Å²) in [5.74, 6) is 0. The summed E-state index contributed by atoms with van der Waals surface area (Å²) in [6.45, 7) is 0.0951. The zero-order chi connectivity index (χ0) is 17.3. The number of methoxy groups -OCH3 is 1. The lowest BCUT2D eigenvalue weighted by molar-refractivity contribution is -0.382. The molecule has 24 heavy (non-hydrogen) atoms. The molecule has 0 radical (unpaired) electrons. The molecule has 2 N–H and O–H groups in total. The van der Waals surface area contributed by atoms with Crippen molar-refractivity contribution in [3.8, 4) is 0 Å². The molecule has 0 saturated carbocycles. The van der Waals surface area contributed by atoms with Crippen LogP contribution in [0, 0.1) is 9.81 Å². The fraction of sp³-hybridized carbons (Fsp3) is 1.00. The van der Waals surface area contributed by atoms with Crippen LogP contribution < -0.4 is 0 Å². The Labute approximate surface area is 137 Å². The molecule has 3 aliphatic rings. The highest BCUT2D eigenvalue weighted by Gasteiger charge is 2.52. The molecule has 11 nitrogen and oxygen atoms in total. The van der Waals surface area contributed by atoms with Gasteiger partial charge in [0, 0.05) is 13.5 Å². The van der Waals surface area contributed by atoms with Gasteiger partial charge in [-0.15, -0.1) is 0 Å². The monoisotopic (exact) mass is 348 g/mol. The summed E-state index contributed by atoms with van der Waals surface area (Å²) in [6.07, 6.45) is -6.97. The standard InChI is InChI=1S/C13H20N2O9/c1-20-6-2-5(15-19)12(22-7(6)3-14-18)24-13-10(17)9(16)11-8(23-13)4-21-11/h5-13,16-17H,2-4H2,1H3/t5-,6-,7?,8+,9?,10?,11?,12?,13+/m0/s1. The van der Waals surface area contributed by atoms with E-state index in [1.165, 1.54) is 7.11 Å². The summed E-state index contributed by atoms with van der Waals surface area (Å²) >= 11 is 0. The first-order valence-electron chi connectivity index (χ1n) is 7.67. The third-order valence-electron chi connectivity index (χ3n) is 4.57. The molecule has 0 bridgehead atoms. The van der Waals surface area contributed by atoms with Crippen LogP contribution in [0.15, 0.2) is 10.4 Å². The fourth-order valence-corrected chi connectivity index (χ4v) is 3.12. The Morgan fingerprint density at radius 2 is 1.96 bits per heavy atom. The molecule has 0 aromatic rings. The van der Waals surface area contributed by atoms with E-state index in [0.29, 0.717) is 0 Å². The van der Waals surface area contributed by atoms with Crippen LogP contribution in [-0.2, 0) is 23.7 Å². The van der Waals surface area contributed by atoms with E-state index >= 15 is 0 Å². The highest BCUT2D eigenvalue weighted by Crippen LogP contribution is 2.33. The fourth-order valence-electron chi connectivity index (χ4n) is 3.12. The Balaban J connectivity index is 1.67. The molecule has 5 unspecified atom stereocenters. The molecule has 0 aromatic heterocycles. The number of nitroso groups, excluding NO2 is 2. The van der Waals surface area contributed by atoms with Crippen LogP contribution >= 0.6 is 0 Å². The van der Waals surface area contributed by atoms with E-state index in [0.717, 1.165) is 0 Å². The van der Waals surface area contributed by atoms with E-state index in [9.17, 15) is 20.0 Å². The molecule has 3 fully saturated rings. The smallest absolute Gasteiger partial charge is 0.189 e. The maximum absolute atomic E-state index is 11.1. The molecule has 136 valence electrons. The second kappa shape index (κ2) is 7.44. The average Bonchev–Trinajstić information content (AvgIpc) is 2.56. The first-order valence-corrected chi connectivity index (χ1v) is 7.67. The molecule has 9 atom stereocenters. The van der Waals surface area contributed by atoms with Crippen LogP contribution in [0.25, 0.3) is 0 Å². The van der Waals surface area contributed by atoms with Crippen LogP contribution in [0.5, 0.6) is 0 Å². The van der Waals surface area contributed by atoms with Crippen LogP contribution in [0.2, 0.25) is 0 Å². The van der Waals surface area contributed by atoms with Gasteiger partial charge in [0.05, 0.1) is 12.7 Å². The predicted octanol–water partition coefficient (Wildman–Crippen LogP) is -1.12. The van der Waals surface area contributed by atoms with Gasteiger partial charge in [0.2, 0.25) is 0 Å². The largest absolute Gasteiger partial charge is 0.387 e. The van der Waals surface area contributed by atoms with E-state index in [-0.39, 0.29) is 19.6 Å². The molecular formula is C13H20N2O9. The van der Waals surface area contributed by atoms with Crippen molar-refractivity contribution < 1.29 is 33.9 Å². The Morgan fingerprint density at radius 1 is 1.17 bits per heavy atom. The van der Waals surface area contributed by atoms with Crippen molar-refractivity contribution in [3.05, 3.63) is 9.81 Å². The van der Waals surface area contributed by atoms with Crippen molar-refractivity contribution in [1.82, 2.24) is 0 Å². The summed E-state index contributed by atoms with van der Waals surface area (Å²) in [5.41, 5.74) is 0. The van der Waals surface area contributed by atoms with Gasteiger partial charge in [0.15, 0.2) is 12.6 Å². The lowest BCUT2D eigenvalue weighted by atomic mass is 9.95. The van der Waals surface area contributed by atoms with Crippen LogP contribution in [0.4, 0.5) is 0 Å². The highest BCUT2D eigenvalue weighted by atomic mass is 16.8. The Hall–Kier alpha value is -1.08. The van der Waals surface area contributed by atoms with Crippen LogP contribution in [0.1, 0.15) is 6.42 Å². The van der Waals surface area contributed by atoms with Crippen molar-refractivity contribution in [2.75, 3.05) is 20.3 Å². The SMILES string of the molecule is CO[C@H]1C[C@H](N=O)C(O[C@H]2O[C@@H]3COC3C(O)C2O)OC1CN=O. The number of ether oxygens (including phenoxy) is 5. The van der Waals surface area contributed by atoms with Gasteiger partial charge in [0.25, 0.3) is 0 Å². The summed E-state index contributed by atoms with van der Waals surface area (Å²) in [7, 11) is 1.43. The van der Waals surface area contributed by atoms with Gasteiger partial charge in [0.1, 0.15) is 43.1 Å². The number of aliphatic hydroxyl groups is 2. The first kappa shape index (κ1) is 17.7. The number of rotatable bonds is 6. The summed E-state index contributed by atoms with van der Waals surface area (Å²) in [4.78, 5) is 21.6. The Kier molecular flexibility index (Phi) is 5.49. The molecule has 11 heteroatoms. The quantitative estimate of drug-likeness (QED) is 0.570. The molecule has 0 aliphatic carbocycles. The van der Waals surface area contributed by atoms with Crippen molar-refractivity contribution in [2.45, 2.75) is 61.7 Å². The van der Waals surface area contributed by atoms with Crippen LogP contribution in [0.3, 0.4) is 0 Å². The van der Waals surface area contributed by atoms with Gasteiger partial charge in [-0.2, -0.15) is 9.81 Å². The second-order valence-electron chi connectivity index (χ2n) is 6.00. The minimum absolute atomic E-state index is 0.172. The van der Waals surface area contributed by atoms with Crippen molar-refractivity contribution in [1.29, 1.82) is 0 Å². The third-order valence-corrected chi connectivity index (χ3v) is 4.57. The number of hydrogen-bond acceptors (Lipinski definition) is 11. The van der Waals surface area contributed by atoms with E-state index in [2.05, 4.69) is 10.4 Å². The summed E-state index contributed by atoms with van der Waals surface area (Å²) in [6, 6.07) is -0.916.